The maximum Gasteiger partial charge on any atom is 0.328 e. The number of hydrogen-bond donors (Lipinski definition) is 4. The SMILES string of the molecule is CNC(=O)N(C(=N)N)c1c(C)cc(O)cc1Br. The van der Waals surface area contributed by atoms with Gasteiger partial charge >= 0.3 is 6.03 Å². The topological polar surface area (TPSA) is 102 Å². The van der Waals surface area contributed by atoms with Gasteiger partial charge in [-0.1, -0.05) is 0 Å². The largest absolute Gasteiger partial charge is 0.508 e. The average molecular weight is 301 g/mol. The van der Waals surface area contributed by atoms with Crippen LogP contribution >= 0.6 is 15.9 Å². The molecule has 0 aliphatic rings. The summed E-state index contributed by atoms with van der Waals surface area (Å²) in [5.41, 5.74) is 6.43. The Morgan fingerprint density at radius 1 is 1.59 bits per heavy atom. The van der Waals surface area contributed by atoms with Crippen LogP contribution in [0.2, 0.25) is 0 Å². The van der Waals surface area contributed by atoms with E-state index in [4.69, 9.17) is 11.1 Å². The van der Waals surface area contributed by atoms with Crippen molar-refractivity contribution in [3.05, 3.63) is 22.2 Å². The van der Waals surface area contributed by atoms with Gasteiger partial charge in [0.05, 0.1) is 5.69 Å². The van der Waals surface area contributed by atoms with Crippen molar-refractivity contribution in [1.29, 1.82) is 5.41 Å². The van der Waals surface area contributed by atoms with Gasteiger partial charge in [0.1, 0.15) is 5.75 Å². The molecule has 0 spiro atoms. The molecule has 92 valence electrons. The van der Waals surface area contributed by atoms with E-state index in [2.05, 4.69) is 21.2 Å². The van der Waals surface area contributed by atoms with E-state index in [9.17, 15) is 9.90 Å². The Morgan fingerprint density at radius 2 is 2.18 bits per heavy atom. The number of anilines is 1. The van der Waals surface area contributed by atoms with E-state index in [-0.39, 0.29) is 5.75 Å². The molecule has 0 saturated heterocycles. The molecule has 7 heteroatoms. The quantitative estimate of drug-likeness (QED) is 0.467. The predicted molar refractivity (Wildman–Crippen MR) is 69.4 cm³/mol. The van der Waals surface area contributed by atoms with Gasteiger partial charge in [-0.15, -0.1) is 0 Å². The zero-order chi connectivity index (χ0) is 13.2. The lowest BCUT2D eigenvalue weighted by atomic mass is 10.1. The minimum Gasteiger partial charge on any atom is -0.508 e. The van der Waals surface area contributed by atoms with E-state index >= 15 is 0 Å². The fourth-order valence-corrected chi connectivity index (χ4v) is 2.17. The monoisotopic (exact) mass is 300 g/mol. The summed E-state index contributed by atoms with van der Waals surface area (Å²) in [5.74, 6) is -0.336. The summed E-state index contributed by atoms with van der Waals surface area (Å²) in [6, 6.07) is 2.40. The smallest absolute Gasteiger partial charge is 0.328 e. The molecule has 0 saturated carbocycles. The molecular weight excluding hydrogens is 288 g/mol. The van der Waals surface area contributed by atoms with Crippen molar-refractivity contribution in [1.82, 2.24) is 5.32 Å². The number of urea groups is 1. The molecule has 1 rings (SSSR count). The summed E-state index contributed by atoms with van der Waals surface area (Å²) in [7, 11) is 1.45. The molecular formula is C10H13BrN4O2. The first kappa shape index (κ1) is 13.3. The van der Waals surface area contributed by atoms with Crippen LogP contribution in [-0.4, -0.2) is 24.1 Å². The van der Waals surface area contributed by atoms with Gasteiger partial charge in [-0.2, -0.15) is 0 Å². The molecule has 17 heavy (non-hydrogen) atoms. The lowest BCUT2D eigenvalue weighted by Gasteiger charge is -2.23. The number of carbonyl (C=O) groups excluding carboxylic acids is 1. The van der Waals surface area contributed by atoms with Gasteiger partial charge in [0, 0.05) is 11.5 Å². The molecule has 0 atom stereocenters. The third-order valence-electron chi connectivity index (χ3n) is 2.12. The Morgan fingerprint density at radius 3 is 2.59 bits per heavy atom. The Balaban J connectivity index is 3.38. The first-order valence-corrected chi connectivity index (χ1v) is 5.52. The molecule has 0 radical (unpaired) electrons. The van der Waals surface area contributed by atoms with Crippen LogP contribution in [0.5, 0.6) is 5.75 Å². The number of guanidine groups is 1. The Kier molecular flexibility index (Phi) is 3.95. The fourth-order valence-electron chi connectivity index (χ4n) is 1.44. The summed E-state index contributed by atoms with van der Waals surface area (Å²) < 4.78 is 0.480. The van der Waals surface area contributed by atoms with Gasteiger partial charge in [0.15, 0.2) is 0 Å². The maximum absolute atomic E-state index is 11.7. The van der Waals surface area contributed by atoms with Crippen molar-refractivity contribution in [2.75, 3.05) is 11.9 Å². The third-order valence-corrected chi connectivity index (χ3v) is 2.72. The molecule has 5 N–H and O–H groups in total. The van der Waals surface area contributed by atoms with Crippen LogP contribution in [0.25, 0.3) is 0 Å². The number of phenols is 1. The number of nitrogens with one attached hydrogen (secondary N) is 2. The Hall–Kier alpha value is -1.76. The van der Waals surface area contributed by atoms with Crippen LogP contribution in [0.1, 0.15) is 5.56 Å². The molecule has 0 unspecified atom stereocenters. The molecule has 0 aliphatic heterocycles. The van der Waals surface area contributed by atoms with Crippen molar-refractivity contribution in [2.45, 2.75) is 6.92 Å². The van der Waals surface area contributed by atoms with Crippen LogP contribution in [0.4, 0.5) is 10.5 Å². The highest BCUT2D eigenvalue weighted by Gasteiger charge is 2.22. The number of hydrogen-bond acceptors (Lipinski definition) is 3. The van der Waals surface area contributed by atoms with Crippen LogP contribution in [0.15, 0.2) is 16.6 Å². The zero-order valence-electron chi connectivity index (χ0n) is 9.41. The minimum atomic E-state index is -0.521. The van der Waals surface area contributed by atoms with Gasteiger partial charge in [-0.3, -0.25) is 5.41 Å². The van der Waals surface area contributed by atoms with E-state index in [0.29, 0.717) is 15.7 Å². The standard InChI is InChI=1S/C10H13BrN4O2/c1-5-3-6(16)4-7(11)8(5)15(9(12)13)10(17)14-2/h3-4,16H,1-2H3,(H3,12,13)(H,14,17). The van der Waals surface area contributed by atoms with Gasteiger partial charge < -0.3 is 16.2 Å². The number of carbonyl (C=O) groups is 1. The highest BCUT2D eigenvalue weighted by Crippen LogP contribution is 2.33. The molecule has 0 fully saturated rings. The van der Waals surface area contributed by atoms with Crippen molar-refractivity contribution < 1.29 is 9.90 Å². The van der Waals surface area contributed by atoms with Crippen LogP contribution in [0, 0.1) is 12.3 Å². The molecule has 0 aromatic heterocycles. The lowest BCUT2D eigenvalue weighted by Crippen LogP contribution is -2.46. The van der Waals surface area contributed by atoms with E-state index in [0.717, 1.165) is 4.90 Å². The maximum atomic E-state index is 11.7. The molecule has 0 aliphatic carbocycles. The summed E-state index contributed by atoms with van der Waals surface area (Å²) in [6.45, 7) is 1.71. The average Bonchev–Trinajstić information content (AvgIpc) is 2.21. The first-order valence-electron chi connectivity index (χ1n) is 4.73. The summed E-state index contributed by atoms with van der Waals surface area (Å²) in [4.78, 5) is 12.7. The second-order valence-electron chi connectivity index (χ2n) is 3.37. The highest BCUT2D eigenvalue weighted by molar-refractivity contribution is 9.10. The minimum absolute atomic E-state index is 0.0681. The number of halogens is 1. The number of nitrogens with two attached hydrogens (primary N) is 1. The van der Waals surface area contributed by atoms with Crippen molar-refractivity contribution >= 4 is 33.6 Å². The number of benzene rings is 1. The van der Waals surface area contributed by atoms with E-state index in [1.807, 2.05) is 0 Å². The van der Waals surface area contributed by atoms with Crippen LogP contribution in [0.3, 0.4) is 0 Å². The van der Waals surface area contributed by atoms with Crippen LogP contribution < -0.4 is 16.0 Å². The molecule has 0 bridgehead atoms. The van der Waals surface area contributed by atoms with Crippen molar-refractivity contribution in [2.24, 2.45) is 5.73 Å². The third kappa shape index (κ3) is 2.68. The number of nitrogens with zero attached hydrogens (tertiary/aromatic N) is 1. The molecule has 2 amide bonds. The number of aromatic hydroxyl groups is 1. The summed E-state index contributed by atoms with van der Waals surface area (Å²) in [6.07, 6.45) is 0. The zero-order valence-corrected chi connectivity index (χ0v) is 11.0. The molecule has 0 heterocycles. The second-order valence-corrected chi connectivity index (χ2v) is 4.22. The fraction of sp³-hybridized carbons (Fsp3) is 0.200. The number of amides is 2. The molecule has 1 aromatic carbocycles. The van der Waals surface area contributed by atoms with Gasteiger partial charge in [-0.25, -0.2) is 9.69 Å². The summed E-state index contributed by atoms with van der Waals surface area (Å²) in [5, 5.41) is 19.2. The number of phenolic OH excluding ortho intramolecular Hbond substituents is 1. The number of rotatable bonds is 1. The van der Waals surface area contributed by atoms with Crippen molar-refractivity contribution in [3.63, 3.8) is 0 Å². The Labute approximate surface area is 107 Å². The van der Waals surface area contributed by atoms with Gasteiger partial charge in [0.25, 0.3) is 0 Å². The lowest BCUT2D eigenvalue weighted by molar-refractivity contribution is 0.251. The van der Waals surface area contributed by atoms with E-state index < -0.39 is 12.0 Å². The summed E-state index contributed by atoms with van der Waals surface area (Å²) >= 11 is 3.23. The van der Waals surface area contributed by atoms with Gasteiger partial charge in [-0.05, 0) is 40.5 Å². The highest BCUT2D eigenvalue weighted by atomic mass is 79.9. The second kappa shape index (κ2) is 5.05. The normalized spacial score (nSPS) is 9.82. The van der Waals surface area contributed by atoms with Gasteiger partial charge in [0.2, 0.25) is 5.96 Å². The van der Waals surface area contributed by atoms with E-state index in [1.54, 1.807) is 6.92 Å². The van der Waals surface area contributed by atoms with Crippen LogP contribution in [-0.2, 0) is 0 Å². The number of aryl methyl sites for hydroxylation is 1. The predicted octanol–water partition coefficient (Wildman–Crippen LogP) is 1.50. The molecule has 6 nitrogen and oxygen atoms in total. The first-order chi connectivity index (χ1) is 7.88. The Bertz CT molecular complexity index is 452. The van der Waals surface area contributed by atoms with E-state index in [1.165, 1.54) is 19.2 Å². The van der Waals surface area contributed by atoms with Crippen molar-refractivity contribution in [3.8, 4) is 5.75 Å². The molecule has 1 aromatic rings.